The normalized spacial score (nSPS) is 22.3. The molecule has 1 aromatic rings. The number of rotatable bonds is 14. The van der Waals surface area contributed by atoms with E-state index in [1.807, 2.05) is 21.9 Å². The van der Waals surface area contributed by atoms with Crippen molar-refractivity contribution in [3.8, 4) is 17.2 Å². The maximum absolute atomic E-state index is 13.5. The van der Waals surface area contributed by atoms with Crippen LogP contribution >= 0.6 is 0 Å². The van der Waals surface area contributed by atoms with Gasteiger partial charge >= 0.3 is 5.97 Å². The standard InChI is InChI=1S/C28H40N2O8/c1-4-6-10-29(11-7-5-2)24(31)17-30-16-20(19-14-22(34-3)27-23(15-19)37-18-38-27)26(28(32)33)21(30)8-9-25-35-12-13-36-25/h12-15,20-21,25-26H,4-11,16-18H2,1-3H3,(H,32,33)/t20?,21-,26+/m1/s1. The second-order valence-electron chi connectivity index (χ2n) is 10.1. The zero-order valence-electron chi connectivity index (χ0n) is 22.6. The van der Waals surface area contributed by atoms with Gasteiger partial charge in [-0.2, -0.15) is 0 Å². The lowest BCUT2D eigenvalue weighted by atomic mass is 9.83. The second-order valence-corrected chi connectivity index (χ2v) is 10.1. The van der Waals surface area contributed by atoms with E-state index >= 15 is 0 Å². The number of methoxy groups -OCH3 is 1. The largest absolute Gasteiger partial charge is 0.493 e. The van der Waals surface area contributed by atoms with Gasteiger partial charge in [0.1, 0.15) is 12.5 Å². The third-order valence-corrected chi connectivity index (χ3v) is 7.61. The number of carboxylic acids is 1. The average Bonchev–Trinajstić information content (AvgIpc) is 3.67. The van der Waals surface area contributed by atoms with Crippen LogP contribution in [0.4, 0.5) is 0 Å². The fraction of sp³-hybridized carbons (Fsp3) is 0.643. The zero-order valence-corrected chi connectivity index (χ0v) is 22.6. The van der Waals surface area contributed by atoms with Crippen LogP contribution in [-0.4, -0.2) is 79.2 Å². The molecule has 3 heterocycles. The molecule has 1 aromatic carbocycles. The number of benzene rings is 1. The monoisotopic (exact) mass is 532 g/mol. The fourth-order valence-corrected chi connectivity index (χ4v) is 5.60. The number of carboxylic acid groups (broad SMARTS) is 1. The van der Waals surface area contributed by atoms with E-state index in [0.717, 1.165) is 31.2 Å². The van der Waals surface area contributed by atoms with Gasteiger partial charge in [-0.15, -0.1) is 0 Å². The van der Waals surface area contributed by atoms with Crippen molar-refractivity contribution < 1.29 is 38.4 Å². The first-order valence-corrected chi connectivity index (χ1v) is 13.6. The highest BCUT2D eigenvalue weighted by molar-refractivity contribution is 5.79. The van der Waals surface area contributed by atoms with Gasteiger partial charge in [-0.25, -0.2) is 0 Å². The summed E-state index contributed by atoms with van der Waals surface area (Å²) in [7, 11) is 1.55. The Balaban J connectivity index is 1.60. The SMILES string of the molecule is CCCCN(CCCC)C(=O)CN1CC(c2cc(OC)c3c(c2)OCO3)[C@H](C(=O)O)[C@H]1CCC1OC=CO1. The molecule has 3 aliphatic rings. The Bertz CT molecular complexity index is 983. The summed E-state index contributed by atoms with van der Waals surface area (Å²) in [6, 6.07) is 3.30. The molecule has 0 radical (unpaired) electrons. The van der Waals surface area contributed by atoms with Crippen LogP contribution in [0.5, 0.6) is 17.2 Å². The molecule has 1 N–H and O–H groups in total. The van der Waals surface area contributed by atoms with Crippen LogP contribution in [0, 0.1) is 5.92 Å². The molecule has 3 aliphatic heterocycles. The van der Waals surface area contributed by atoms with Gasteiger partial charge in [-0.3, -0.25) is 14.5 Å². The molecule has 1 amide bonds. The van der Waals surface area contributed by atoms with E-state index < -0.39 is 18.2 Å². The van der Waals surface area contributed by atoms with Crippen molar-refractivity contribution in [3.05, 3.63) is 30.2 Å². The molecular weight excluding hydrogens is 492 g/mol. The van der Waals surface area contributed by atoms with Crippen molar-refractivity contribution in [2.75, 3.05) is 40.1 Å². The first-order chi connectivity index (χ1) is 18.5. The summed E-state index contributed by atoms with van der Waals surface area (Å²) in [6.45, 7) is 6.35. The van der Waals surface area contributed by atoms with Crippen LogP contribution in [0.15, 0.2) is 24.7 Å². The van der Waals surface area contributed by atoms with Crippen molar-refractivity contribution in [1.82, 2.24) is 9.80 Å². The second kappa shape index (κ2) is 13.1. The Morgan fingerprint density at radius 3 is 2.42 bits per heavy atom. The number of aliphatic carboxylic acids is 1. The number of ether oxygens (including phenoxy) is 5. The molecule has 1 fully saturated rings. The van der Waals surface area contributed by atoms with Gasteiger partial charge in [-0.05, 0) is 37.0 Å². The number of amides is 1. The minimum absolute atomic E-state index is 0.0417. The van der Waals surface area contributed by atoms with Crippen LogP contribution < -0.4 is 14.2 Å². The van der Waals surface area contributed by atoms with E-state index in [4.69, 9.17) is 23.7 Å². The minimum atomic E-state index is -0.896. The Hall–Kier alpha value is -3.14. The molecular formula is C28H40N2O8. The highest BCUT2D eigenvalue weighted by Crippen LogP contribution is 2.47. The summed E-state index contributed by atoms with van der Waals surface area (Å²) in [6.07, 6.45) is 7.47. The Morgan fingerprint density at radius 1 is 1.08 bits per heavy atom. The number of nitrogens with zero attached hydrogens (tertiary/aromatic N) is 2. The molecule has 0 aromatic heterocycles. The van der Waals surface area contributed by atoms with E-state index in [0.29, 0.717) is 49.7 Å². The molecule has 0 aliphatic carbocycles. The van der Waals surface area contributed by atoms with Crippen molar-refractivity contribution in [1.29, 1.82) is 0 Å². The van der Waals surface area contributed by atoms with Gasteiger partial charge in [0, 0.05) is 38.0 Å². The number of hydrogen-bond acceptors (Lipinski definition) is 8. The van der Waals surface area contributed by atoms with Crippen LogP contribution in [0.25, 0.3) is 0 Å². The summed E-state index contributed by atoms with van der Waals surface area (Å²) >= 11 is 0. The molecule has 0 bridgehead atoms. The topological polar surface area (TPSA) is 107 Å². The van der Waals surface area contributed by atoms with Gasteiger partial charge in [-0.1, -0.05) is 26.7 Å². The maximum atomic E-state index is 13.5. The molecule has 10 heteroatoms. The van der Waals surface area contributed by atoms with Gasteiger partial charge in [0.15, 0.2) is 11.5 Å². The number of carbonyl (C=O) groups is 2. The highest BCUT2D eigenvalue weighted by Gasteiger charge is 2.48. The van der Waals surface area contributed by atoms with E-state index in [1.165, 1.54) is 12.5 Å². The molecule has 1 saturated heterocycles. The molecule has 38 heavy (non-hydrogen) atoms. The first kappa shape index (κ1) is 27.9. The molecule has 210 valence electrons. The lowest BCUT2D eigenvalue weighted by Crippen LogP contribution is -2.45. The summed E-state index contributed by atoms with van der Waals surface area (Å²) < 4.78 is 27.6. The lowest BCUT2D eigenvalue weighted by molar-refractivity contribution is -0.144. The smallest absolute Gasteiger partial charge is 0.308 e. The predicted molar refractivity (Wildman–Crippen MR) is 139 cm³/mol. The summed E-state index contributed by atoms with van der Waals surface area (Å²) in [5, 5.41) is 10.4. The van der Waals surface area contributed by atoms with Crippen LogP contribution in [0.2, 0.25) is 0 Å². The Kier molecular flexibility index (Phi) is 9.60. The number of hydrogen-bond donors (Lipinski definition) is 1. The maximum Gasteiger partial charge on any atom is 0.308 e. The van der Waals surface area contributed by atoms with Gasteiger partial charge in [0.05, 0.1) is 19.6 Å². The average molecular weight is 533 g/mol. The molecule has 0 spiro atoms. The number of fused-ring (bicyclic) bond motifs is 1. The van der Waals surface area contributed by atoms with Gasteiger partial charge < -0.3 is 33.7 Å². The van der Waals surface area contributed by atoms with E-state index in [9.17, 15) is 14.7 Å². The lowest BCUT2D eigenvalue weighted by Gasteiger charge is -2.30. The highest BCUT2D eigenvalue weighted by atomic mass is 16.7. The predicted octanol–water partition coefficient (Wildman–Crippen LogP) is 3.95. The molecule has 0 saturated carbocycles. The summed E-state index contributed by atoms with van der Waals surface area (Å²) in [4.78, 5) is 30.2. The van der Waals surface area contributed by atoms with E-state index in [2.05, 4.69) is 13.8 Å². The first-order valence-electron chi connectivity index (χ1n) is 13.6. The quantitative estimate of drug-likeness (QED) is 0.381. The third kappa shape index (κ3) is 6.28. The fourth-order valence-electron chi connectivity index (χ4n) is 5.60. The van der Waals surface area contributed by atoms with Crippen molar-refractivity contribution in [2.24, 2.45) is 5.92 Å². The zero-order chi connectivity index (χ0) is 27.1. The van der Waals surface area contributed by atoms with Crippen LogP contribution in [0.1, 0.15) is 63.9 Å². The van der Waals surface area contributed by atoms with Crippen LogP contribution in [-0.2, 0) is 19.1 Å². The minimum Gasteiger partial charge on any atom is -0.493 e. The van der Waals surface area contributed by atoms with Crippen molar-refractivity contribution in [3.63, 3.8) is 0 Å². The third-order valence-electron chi connectivity index (χ3n) is 7.61. The van der Waals surface area contributed by atoms with Crippen molar-refractivity contribution >= 4 is 11.9 Å². The molecule has 3 atom stereocenters. The number of likely N-dealkylation sites (tertiary alicyclic amines) is 1. The van der Waals surface area contributed by atoms with Gasteiger partial charge in [0.2, 0.25) is 24.7 Å². The van der Waals surface area contributed by atoms with E-state index in [-0.39, 0.29) is 31.2 Å². The number of carbonyl (C=O) groups excluding carboxylic acids is 1. The van der Waals surface area contributed by atoms with Gasteiger partial charge in [0.25, 0.3) is 0 Å². The molecule has 4 rings (SSSR count). The Labute approximate surface area is 224 Å². The summed E-state index contributed by atoms with van der Waals surface area (Å²) in [5.41, 5.74) is 0.794. The van der Waals surface area contributed by atoms with E-state index in [1.54, 1.807) is 7.11 Å². The summed E-state index contributed by atoms with van der Waals surface area (Å²) in [5.74, 6) is -0.381. The van der Waals surface area contributed by atoms with Crippen molar-refractivity contribution in [2.45, 2.75) is 70.6 Å². The van der Waals surface area contributed by atoms with Crippen LogP contribution in [0.3, 0.4) is 0 Å². The number of unbranched alkanes of at least 4 members (excludes halogenated alkanes) is 2. The molecule has 10 nitrogen and oxygen atoms in total. The molecule has 1 unspecified atom stereocenters. The Morgan fingerprint density at radius 2 is 1.79 bits per heavy atom.